The van der Waals surface area contributed by atoms with Gasteiger partial charge in [0.15, 0.2) is 10.7 Å². The fourth-order valence-electron chi connectivity index (χ4n) is 2.79. The molecule has 30 heavy (non-hydrogen) atoms. The SMILES string of the molecule is CC1Sc2ccc(C(=O)Nc3ccc([S+]([O-])Nc4ccccn4)cc3)cc2NC1=O. The zero-order chi connectivity index (χ0) is 21.1. The summed E-state index contributed by atoms with van der Waals surface area (Å²) < 4.78 is 15.2. The number of rotatable bonds is 5. The number of nitrogens with zero attached hydrogens (tertiary/aromatic N) is 1. The third-order valence-corrected chi connectivity index (χ3v) is 6.63. The number of carbonyl (C=O) groups is 2. The van der Waals surface area contributed by atoms with Crippen LogP contribution in [0.3, 0.4) is 0 Å². The van der Waals surface area contributed by atoms with Crippen LogP contribution in [0.4, 0.5) is 17.2 Å². The lowest BCUT2D eigenvalue weighted by Crippen LogP contribution is -2.26. The van der Waals surface area contributed by atoms with E-state index in [0.717, 1.165) is 4.90 Å². The van der Waals surface area contributed by atoms with Gasteiger partial charge in [0, 0.05) is 22.3 Å². The van der Waals surface area contributed by atoms with Crippen molar-refractivity contribution in [2.45, 2.75) is 22.0 Å². The number of pyridine rings is 1. The van der Waals surface area contributed by atoms with Crippen molar-refractivity contribution in [1.82, 2.24) is 4.98 Å². The molecule has 1 aromatic heterocycles. The molecule has 2 unspecified atom stereocenters. The lowest BCUT2D eigenvalue weighted by atomic mass is 10.1. The molecular weight excluding hydrogens is 420 g/mol. The van der Waals surface area contributed by atoms with Crippen LogP contribution in [0.2, 0.25) is 0 Å². The molecule has 7 nitrogen and oxygen atoms in total. The number of carbonyl (C=O) groups excluding carboxylic acids is 2. The topological polar surface area (TPSA) is 106 Å². The summed E-state index contributed by atoms with van der Waals surface area (Å²) in [6.07, 6.45) is 1.61. The minimum atomic E-state index is -1.47. The first-order valence-electron chi connectivity index (χ1n) is 9.12. The van der Waals surface area contributed by atoms with E-state index in [4.69, 9.17) is 0 Å². The zero-order valence-corrected chi connectivity index (χ0v) is 17.5. The molecule has 0 fully saturated rings. The summed E-state index contributed by atoms with van der Waals surface area (Å²) in [5.41, 5.74) is 1.65. The third-order valence-electron chi connectivity index (χ3n) is 4.36. The smallest absolute Gasteiger partial charge is 0.255 e. The number of thioether (sulfide) groups is 1. The Bertz CT molecular complexity index is 1080. The molecule has 2 atom stereocenters. The van der Waals surface area contributed by atoms with Crippen molar-refractivity contribution < 1.29 is 14.1 Å². The fourth-order valence-corrected chi connectivity index (χ4v) is 4.53. The van der Waals surface area contributed by atoms with Gasteiger partial charge in [-0.2, -0.15) is 4.72 Å². The van der Waals surface area contributed by atoms with E-state index in [1.165, 1.54) is 11.8 Å². The Morgan fingerprint density at radius 2 is 1.97 bits per heavy atom. The van der Waals surface area contributed by atoms with Gasteiger partial charge < -0.3 is 15.2 Å². The summed E-state index contributed by atoms with van der Waals surface area (Å²) in [6.45, 7) is 1.84. The van der Waals surface area contributed by atoms with E-state index in [2.05, 4.69) is 20.3 Å². The number of hydrogen-bond acceptors (Lipinski definition) is 6. The minimum absolute atomic E-state index is 0.0760. The maximum Gasteiger partial charge on any atom is 0.255 e. The van der Waals surface area contributed by atoms with Crippen LogP contribution >= 0.6 is 11.8 Å². The Balaban J connectivity index is 1.41. The molecule has 0 aliphatic carbocycles. The highest BCUT2D eigenvalue weighted by Crippen LogP contribution is 2.36. The molecule has 9 heteroatoms. The number of hydrogen-bond donors (Lipinski definition) is 3. The lowest BCUT2D eigenvalue weighted by Gasteiger charge is -2.21. The van der Waals surface area contributed by atoms with Crippen LogP contribution in [0.25, 0.3) is 0 Å². The van der Waals surface area contributed by atoms with Crippen molar-refractivity contribution in [2.24, 2.45) is 0 Å². The summed E-state index contributed by atoms with van der Waals surface area (Å²) in [4.78, 5) is 30.0. The van der Waals surface area contributed by atoms with Gasteiger partial charge in [-0.3, -0.25) is 9.59 Å². The maximum absolute atomic E-state index is 12.6. The van der Waals surface area contributed by atoms with Crippen LogP contribution in [0, 0.1) is 0 Å². The largest absolute Gasteiger partial charge is 0.588 e. The van der Waals surface area contributed by atoms with Gasteiger partial charge in [0.1, 0.15) is 11.4 Å². The summed E-state index contributed by atoms with van der Waals surface area (Å²) in [5.74, 6) is 0.143. The summed E-state index contributed by atoms with van der Waals surface area (Å²) >= 11 is -0.00100. The van der Waals surface area contributed by atoms with Gasteiger partial charge in [-0.05, 0) is 61.5 Å². The number of amides is 2. The Morgan fingerprint density at radius 1 is 1.17 bits per heavy atom. The van der Waals surface area contributed by atoms with Gasteiger partial charge in [0.05, 0.1) is 10.9 Å². The quantitative estimate of drug-likeness (QED) is 0.522. The number of aromatic nitrogens is 1. The molecule has 0 spiro atoms. The average molecular weight is 439 g/mol. The first-order valence-corrected chi connectivity index (χ1v) is 11.1. The first kappa shape index (κ1) is 20.3. The standard InChI is InChI=1S/C21H18N4O3S2/c1-13-20(26)24-17-12-14(5-10-18(17)29-13)21(27)23-15-6-8-16(9-7-15)30(28)25-19-4-2-3-11-22-19/h2-13H,1H3,(H,22,25)(H,23,27)(H,24,26). The van der Waals surface area contributed by atoms with Gasteiger partial charge in [0.2, 0.25) is 5.91 Å². The van der Waals surface area contributed by atoms with E-state index < -0.39 is 11.4 Å². The molecule has 3 aromatic rings. The number of anilines is 3. The second-order valence-corrected chi connectivity index (χ2v) is 9.12. The molecule has 0 saturated carbocycles. The molecule has 4 rings (SSSR count). The van der Waals surface area contributed by atoms with Crippen LogP contribution in [0.15, 0.2) is 76.7 Å². The van der Waals surface area contributed by atoms with Crippen molar-refractivity contribution >= 4 is 52.1 Å². The number of fused-ring (bicyclic) bond motifs is 1. The molecule has 2 aromatic carbocycles. The van der Waals surface area contributed by atoms with Gasteiger partial charge in [0.25, 0.3) is 5.91 Å². The van der Waals surface area contributed by atoms with Crippen molar-refractivity contribution in [3.05, 3.63) is 72.4 Å². The molecular formula is C21H18N4O3S2. The normalized spacial score (nSPS) is 16.2. The minimum Gasteiger partial charge on any atom is -0.588 e. The maximum atomic E-state index is 12.6. The molecule has 1 aliphatic rings. The molecule has 0 radical (unpaired) electrons. The van der Waals surface area contributed by atoms with Gasteiger partial charge in [-0.1, -0.05) is 6.07 Å². The van der Waals surface area contributed by atoms with Gasteiger partial charge in [-0.25, -0.2) is 4.98 Å². The zero-order valence-electron chi connectivity index (χ0n) is 15.9. The first-order chi connectivity index (χ1) is 14.5. The Morgan fingerprint density at radius 3 is 2.70 bits per heavy atom. The second kappa shape index (κ2) is 8.78. The van der Waals surface area contributed by atoms with Crippen LogP contribution in [-0.4, -0.2) is 26.6 Å². The van der Waals surface area contributed by atoms with Gasteiger partial charge >= 0.3 is 0 Å². The van der Waals surface area contributed by atoms with Crippen LogP contribution in [0.5, 0.6) is 0 Å². The third kappa shape index (κ3) is 4.59. The molecule has 2 heterocycles. The van der Waals surface area contributed by atoms with Crippen LogP contribution in [-0.2, 0) is 16.2 Å². The fraction of sp³-hybridized carbons (Fsp3) is 0.0952. The molecule has 152 valence electrons. The lowest BCUT2D eigenvalue weighted by molar-refractivity contribution is -0.115. The Kier molecular flexibility index (Phi) is 5.93. The van der Waals surface area contributed by atoms with E-state index >= 15 is 0 Å². The highest BCUT2D eigenvalue weighted by atomic mass is 32.2. The second-order valence-electron chi connectivity index (χ2n) is 6.52. The molecule has 3 N–H and O–H groups in total. The highest BCUT2D eigenvalue weighted by molar-refractivity contribution is 8.01. The monoisotopic (exact) mass is 438 g/mol. The predicted octanol–water partition coefficient (Wildman–Crippen LogP) is 3.90. The van der Waals surface area contributed by atoms with E-state index in [0.29, 0.717) is 27.7 Å². The van der Waals surface area contributed by atoms with E-state index in [9.17, 15) is 14.1 Å². The summed E-state index contributed by atoms with van der Waals surface area (Å²) in [5, 5.41) is 5.47. The van der Waals surface area contributed by atoms with E-state index in [-0.39, 0.29) is 17.1 Å². The Labute approximate surface area is 181 Å². The molecule has 2 amide bonds. The average Bonchev–Trinajstić information content (AvgIpc) is 2.75. The van der Waals surface area contributed by atoms with Crippen molar-refractivity contribution in [3.63, 3.8) is 0 Å². The van der Waals surface area contributed by atoms with Gasteiger partial charge in [-0.15, -0.1) is 11.8 Å². The van der Waals surface area contributed by atoms with Crippen molar-refractivity contribution in [3.8, 4) is 0 Å². The van der Waals surface area contributed by atoms with Crippen LogP contribution in [0.1, 0.15) is 17.3 Å². The molecule has 1 aliphatic heterocycles. The summed E-state index contributed by atoms with van der Waals surface area (Å²) in [6, 6.07) is 17.3. The number of benzene rings is 2. The van der Waals surface area contributed by atoms with Crippen LogP contribution < -0.4 is 15.4 Å². The molecule has 0 saturated heterocycles. The Hall–Kier alpha value is -3.01. The van der Waals surface area contributed by atoms with Crippen molar-refractivity contribution in [1.29, 1.82) is 0 Å². The highest BCUT2D eigenvalue weighted by Gasteiger charge is 2.23. The van der Waals surface area contributed by atoms with Crippen molar-refractivity contribution in [2.75, 3.05) is 15.4 Å². The summed E-state index contributed by atoms with van der Waals surface area (Å²) in [7, 11) is 0. The predicted molar refractivity (Wildman–Crippen MR) is 119 cm³/mol. The van der Waals surface area contributed by atoms with E-state index in [1.54, 1.807) is 60.8 Å². The van der Waals surface area contributed by atoms with E-state index in [1.807, 2.05) is 13.0 Å². The molecule has 0 bridgehead atoms. The number of nitrogens with one attached hydrogen (secondary N) is 3.